The lowest BCUT2D eigenvalue weighted by Crippen LogP contribution is -2.24. The van der Waals surface area contributed by atoms with Crippen molar-refractivity contribution in [3.63, 3.8) is 0 Å². The number of alkyl halides is 1. The Kier molecular flexibility index (Phi) is 4.55. The molecule has 1 unspecified atom stereocenters. The first-order chi connectivity index (χ1) is 8.94. The molecular formula is C17H24ClF. The topological polar surface area (TPSA) is 0 Å². The van der Waals surface area contributed by atoms with Crippen molar-refractivity contribution in [1.82, 2.24) is 0 Å². The van der Waals surface area contributed by atoms with Gasteiger partial charge in [-0.1, -0.05) is 38.8 Å². The van der Waals surface area contributed by atoms with E-state index >= 15 is 0 Å². The molecule has 0 saturated heterocycles. The lowest BCUT2D eigenvalue weighted by atomic mass is 9.73. The van der Waals surface area contributed by atoms with Gasteiger partial charge in [0, 0.05) is 0 Å². The smallest absolute Gasteiger partial charge is 0.126 e. The summed E-state index contributed by atoms with van der Waals surface area (Å²) < 4.78 is 13.4. The van der Waals surface area contributed by atoms with Crippen molar-refractivity contribution in [3.8, 4) is 0 Å². The lowest BCUT2D eigenvalue weighted by Gasteiger charge is -2.36. The van der Waals surface area contributed by atoms with Gasteiger partial charge >= 0.3 is 0 Å². The summed E-state index contributed by atoms with van der Waals surface area (Å²) in [4.78, 5) is 0. The van der Waals surface area contributed by atoms with Crippen molar-refractivity contribution in [2.24, 2.45) is 11.3 Å². The molecule has 1 aromatic rings. The molecule has 1 saturated carbocycles. The Morgan fingerprint density at radius 1 is 1.26 bits per heavy atom. The maximum Gasteiger partial charge on any atom is 0.126 e. The maximum atomic E-state index is 13.4. The number of aryl methyl sites for hydroxylation is 1. The molecule has 1 aliphatic carbocycles. The first-order valence-corrected chi connectivity index (χ1v) is 7.78. The Balaban J connectivity index is 2.28. The van der Waals surface area contributed by atoms with Gasteiger partial charge in [0.25, 0.3) is 0 Å². The van der Waals surface area contributed by atoms with Crippen LogP contribution in [0.2, 0.25) is 0 Å². The van der Waals surface area contributed by atoms with E-state index in [9.17, 15) is 4.39 Å². The van der Waals surface area contributed by atoms with Gasteiger partial charge in [0.05, 0.1) is 5.38 Å². The van der Waals surface area contributed by atoms with Crippen molar-refractivity contribution in [2.45, 2.75) is 58.3 Å². The van der Waals surface area contributed by atoms with E-state index in [1.165, 1.54) is 25.7 Å². The minimum absolute atomic E-state index is 0.0108. The zero-order chi connectivity index (χ0) is 14.0. The zero-order valence-electron chi connectivity index (χ0n) is 12.2. The van der Waals surface area contributed by atoms with Crippen LogP contribution in [0.15, 0.2) is 18.2 Å². The Morgan fingerprint density at radius 3 is 2.42 bits per heavy atom. The summed E-state index contributed by atoms with van der Waals surface area (Å²) in [6.45, 7) is 6.34. The maximum absolute atomic E-state index is 13.4. The van der Waals surface area contributed by atoms with Crippen molar-refractivity contribution in [2.75, 3.05) is 0 Å². The second kappa shape index (κ2) is 5.83. The van der Waals surface area contributed by atoms with Crippen molar-refractivity contribution in [1.29, 1.82) is 0 Å². The van der Waals surface area contributed by atoms with E-state index in [1.807, 2.05) is 19.1 Å². The van der Waals surface area contributed by atoms with Gasteiger partial charge in [-0.2, -0.15) is 0 Å². The molecule has 0 heterocycles. The summed E-state index contributed by atoms with van der Waals surface area (Å²) in [5, 5.41) is 0.0108. The van der Waals surface area contributed by atoms with Crippen molar-refractivity contribution >= 4 is 11.6 Å². The number of halogens is 2. The third kappa shape index (κ3) is 3.13. The quantitative estimate of drug-likeness (QED) is 0.592. The molecule has 1 atom stereocenters. The first-order valence-electron chi connectivity index (χ1n) is 7.35. The summed E-state index contributed by atoms with van der Waals surface area (Å²) in [7, 11) is 0. The Hall–Kier alpha value is -0.560. The summed E-state index contributed by atoms with van der Waals surface area (Å²) in [5.74, 6) is 0.512. The third-order valence-electron chi connectivity index (χ3n) is 4.43. The molecular weight excluding hydrogens is 259 g/mol. The molecule has 0 amide bonds. The highest BCUT2D eigenvalue weighted by Crippen LogP contribution is 2.54. The molecule has 19 heavy (non-hydrogen) atoms. The minimum atomic E-state index is -0.142. The lowest BCUT2D eigenvalue weighted by molar-refractivity contribution is 0.223. The highest BCUT2D eigenvalue weighted by Gasteiger charge is 2.41. The highest BCUT2D eigenvalue weighted by atomic mass is 35.5. The van der Waals surface area contributed by atoms with Crippen molar-refractivity contribution < 1.29 is 4.39 Å². The van der Waals surface area contributed by atoms with E-state index in [2.05, 4.69) is 13.8 Å². The van der Waals surface area contributed by atoms with Crippen LogP contribution in [0.3, 0.4) is 0 Å². The van der Waals surface area contributed by atoms with Gasteiger partial charge in [-0.25, -0.2) is 4.39 Å². The standard InChI is InChI=1S/C17H24ClF/c1-12(2)11-17(8-4-5-9-17)16(18)14-6-7-15(19)13(3)10-14/h6-7,10,12,16H,4-5,8-9,11H2,1-3H3. The zero-order valence-corrected chi connectivity index (χ0v) is 12.9. The molecule has 0 aliphatic heterocycles. The number of benzene rings is 1. The van der Waals surface area contributed by atoms with Gasteiger partial charge in [0.1, 0.15) is 5.82 Å². The normalized spacial score (nSPS) is 19.9. The second-order valence-electron chi connectivity index (χ2n) is 6.54. The molecule has 2 heteroatoms. The van der Waals surface area contributed by atoms with Crippen LogP contribution in [0.25, 0.3) is 0 Å². The Morgan fingerprint density at radius 2 is 1.89 bits per heavy atom. The van der Waals surface area contributed by atoms with Crippen LogP contribution in [0.4, 0.5) is 4.39 Å². The fraction of sp³-hybridized carbons (Fsp3) is 0.647. The van der Waals surface area contributed by atoms with Crippen LogP contribution in [-0.2, 0) is 0 Å². The van der Waals surface area contributed by atoms with Crippen LogP contribution >= 0.6 is 11.6 Å². The van der Waals surface area contributed by atoms with Crippen LogP contribution in [-0.4, -0.2) is 0 Å². The predicted molar refractivity (Wildman–Crippen MR) is 80.1 cm³/mol. The predicted octanol–water partition coefficient (Wildman–Crippen LogP) is 6.02. The molecule has 2 rings (SSSR count). The van der Waals surface area contributed by atoms with Crippen LogP contribution in [0, 0.1) is 24.1 Å². The minimum Gasteiger partial charge on any atom is -0.207 e. The number of hydrogen-bond donors (Lipinski definition) is 0. The van der Waals surface area contributed by atoms with E-state index in [1.54, 1.807) is 6.07 Å². The van der Waals surface area contributed by atoms with Gasteiger partial charge in [0.2, 0.25) is 0 Å². The number of hydrogen-bond acceptors (Lipinski definition) is 0. The van der Waals surface area contributed by atoms with E-state index in [-0.39, 0.29) is 16.6 Å². The second-order valence-corrected chi connectivity index (χ2v) is 6.98. The van der Waals surface area contributed by atoms with Gasteiger partial charge < -0.3 is 0 Å². The summed E-state index contributed by atoms with van der Waals surface area (Å²) in [6.07, 6.45) is 6.12. The van der Waals surface area contributed by atoms with Gasteiger partial charge in [0.15, 0.2) is 0 Å². The molecule has 0 bridgehead atoms. The average molecular weight is 283 g/mol. The van der Waals surface area contributed by atoms with Crippen LogP contribution < -0.4 is 0 Å². The van der Waals surface area contributed by atoms with Crippen LogP contribution in [0.5, 0.6) is 0 Å². The molecule has 0 N–H and O–H groups in total. The molecule has 0 spiro atoms. The molecule has 0 aromatic heterocycles. The third-order valence-corrected chi connectivity index (χ3v) is 5.14. The van der Waals surface area contributed by atoms with E-state index in [0.717, 1.165) is 12.0 Å². The first kappa shape index (κ1) is 14.8. The molecule has 1 aromatic carbocycles. The van der Waals surface area contributed by atoms with Gasteiger partial charge in [-0.15, -0.1) is 11.6 Å². The van der Waals surface area contributed by atoms with E-state index in [4.69, 9.17) is 11.6 Å². The fourth-order valence-electron chi connectivity index (χ4n) is 3.63. The Bertz CT molecular complexity index is 433. The van der Waals surface area contributed by atoms with E-state index in [0.29, 0.717) is 11.5 Å². The van der Waals surface area contributed by atoms with Gasteiger partial charge in [-0.05, 0) is 54.7 Å². The van der Waals surface area contributed by atoms with E-state index < -0.39 is 0 Å². The average Bonchev–Trinajstić information content (AvgIpc) is 2.80. The van der Waals surface area contributed by atoms with Crippen molar-refractivity contribution in [3.05, 3.63) is 35.1 Å². The molecule has 0 radical (unpaired) electrons. The van der Waals surface area contributed by atoms with Crippen LogP contribution in [0.1, 0.15) is 62.5 Å². The largest absolute Gasteiger partial charge is 0.207 e. The molecule has 1 fully saturated rings. The summed E-state index contributed by atoms with van der Waals surface area (Å²) >= 11 is 6.82. The fourth-order valence-corrected chi connectivity index (χ4v) is 4.08. The summed E-state index contributed by atoms with van der Waals surface area (Å²) in [5.41, 5.74) is 1.99. The molecule has 1 aliphatic rings. The molecule has 0 nitrogen and oxygen atoms in total. The highest BCUT2D eigenvalue weighted by molar-refractivity contribution is 6.21. The Labute approximate surface area is 121 Å². The molecule has 106 valence electrons. The number of rotatable bonds is 4. The SMILES string of the molecule is Cc1cc(C(Cl)C2(CC(C)C)CCCC2)ccc1F. The summed E-state index contributed by atoms with van der Waals surface area (Å²) in [6, 6.07) is 5.34. The monoisotopic (exact) mass is 282 g/mol. The van der Waals surface area contributed by atoms with Gasteiger partial charge in [-0.3, -0.25) is 0 Å².